The summed E-state index contributed by atoms with van der Waals surface area (Å²) < 4.78 is 4.79. The van der Waals surface area contributed by atoms with E-state index in [-0.39, 0.29) is 0 Å². The molecule has 2 aromatic heterocycles. The van der Waals surface area contributed by atoms with Gasteiger partial charge in [-0.25, -0.2) is 0 Å². The molecule has 330 valence electrons. The summed E-state index contributed by atoms with van der Waals surface area (Å²) in [6, 6.07) is 99.3. The Morgan fingerprint density at radius 2 is 0.648 bits per heavy atom. The van der Waals surface area contributed by atoms with Crippen molar-refractivity contribution in [2.24, 2.45) is 0 Å². The van der Waals surface area contributed by atoms with Crippen LogP contribution < -0.4 is 0 Å². The van der Waals surface area contributed by atoms with Crippen molar-refractivity contribution in [1.29, 1.82) is 0 Å². The van der Waals surface area contributed by atoms with Crippen LogP contribution in [0.25, 0.3) is 110 Å². The van der Waals surface area contributed by atoms with Crippen LogP contribution >= 0.6 is 0 Å². The first-order chi connectivity index (χ1) is 35.2. The molecule has 1 aliphatic carbocycles. The molecular weight excluding hydrogens is 857 g/mol. The highest BCUT2D eigenvalue weighted by molar-refractivity contribution is 6.20. The van der Waals surface area contributed by atoms with Crippen LogP contribution in [-0.2, 0) is 5.41 Å². The molecule has 0 N–H and O–H groups in total. The predicted molar refractivity (Wildman–Crippen MR) is 298 cm³/mol. The molecule has 71 heavy (non-hydrogen) atoms. The van der Waals surface area contributed by atoms with E-state index in [0.29, 0.717) is 0 Å². The third-order valence-electron chi connectivity index (χ3n) is 15.5. The highest BCUT2D eigenvalue weighted by atomic mass is 15.0. The number of rotatable bonds is 6. The van der Waals surface area contributed by atoms with Crippen LogP contribution in [0.1, 0.15) is 22.3 Å². The van der Waals surface area contributed by atoms with Crippen molar-refractivity contribution in [3.05, 3.63) is 289 Å². The van der Waals surface area contributed by atoms with Crippen LogP contribution in [0.15, 0.2) is 267 Å². The third-order valence-corrected chi connectivity index (χ3v) is 15.5. The fourth-order valence-electron chi connectivity index (χ4n) is 12.6. The maximum absolute atomic E-state index is 2.52. The summed E-state index contributed by atoms with van der Waals surface area (Å²) in [7, 11) is 0. The minimum absolute atomic E-state index is 0.626. The summed E-state index contributed by atoms with van der Waals surface area (Å²) in [6.45, 7) is 0. The first kappa shape index (κ1) is 39.7. The van der Waals surface area contributed by atoms with Crippen molar-refractivity contribution in [1.82, 2.24) is 9.13 Å². The molecule has 2 nitrogen and oxygen atoms in total. The molecule has 14 aromatic rings. The SMILES string of the molecule is c1ccc(-n2c3ccccc3c3cc(-c4ccc5c(c4)C(c4ccccc4)(c4ccccc4)c4c-5c5ccccc5c5cc(-c6ccc7c(c6)c6ccccc6n7-c6ccccc6)ccc45)ccc32)cc1. The molecule has 12 aromatic carbocycles. The molecular formula is C69H44N2. The van der Waals surface area contributed by atoms with Crippen LogP contribution in [0.2, 0.25) is 0 Å². The Balaban J connectivity index is 0.979. The molecule has 0 atom stereocenters. The second-order valence-corrected chi connectivity index (χ2v) is 19.1. The highest BCUT2D eigenvalue weighted by Crippen LogP contribution is 2.61. The van der Waals surface area contributed by atoms with E-state index in [1.54, 1.807) is 0 Å². The van der Waals surface area contributed by atoms with Crippen LogP contribution in [0, 0.1) is 0 Å². The lowest BCUT2D eigenvalue weighted by Gasteiger charge is -2.35. The zero-order chi connectivity index (χ0) is 46.6. The Kier molecular flexibility index (Phi) is 8.61. The second-order valence-electron chi connectivity index (χ2n) is 19.1. The van der Waals surface area contributed by atoms with Crippen LogP contribution in [-0.4, -0.2) is 9.13 Å². The lowest BCUT2D eigenvalue weighted by molar-refractivity contribution is 0.776. The zero-order valence-corrected chi connectivity index (χ0v) is 38.8. The van der Waals surface area contributed by atoms with Gasteiger partial charge in [0.15, 0.2) is 0 Å². The summed E-state index contributed by atoms with van der Waals surface area (Å²) in [5, 5.41) is 10.1. The number of hydrogen-bond donors (Lipinski definition) is 0. The maximum Gasteiger partial charge on any atom is 0.0720 e. The van der Waals surface area contributed by atoms with Gasteiger partial charge in [0.1, 0.15) is 0 Å². The van der Waals surface area contributed by atoms with Crippen LogP contribution in [0.4, 0.5) is 0 Å². The fraction of sp³-hybridized carbons (Fsp3) is 0.0145. The molecule has 0 aliphatic heterocycles. The monoisotopic (exact) mass is 900 g/mol. The number of fused-ring (bicyclic) bond motifs is 14. The highest BCUT2D eigenvalue weighted by Gasteiger charge is 2.48. The summed E-state index contributed by atoms with van der Waals surface area (Å²) >= 11 is 0. The van der Waals surface area contributed by atoms with Crippen molar-refractivity contribution in [2.45, 2.75) is 5.41 Å². The summed E-state index contributed by atoms with van der Waals surface area (Å²) in [4.78, 5) is 0. The summed E-state index contributed by atoms with van der Waals surface area (Å²) in [6.07, 6.45) is 0. The maximum atomic E-state index is 2.52. The van der Waals surface area contributed by atoms with Gasteiger partial charge in [0.25, 0.3) is 0 Å². The standard InChI is InChI=1S/C69H44N2/c1-5-19-49(20-6-1)69(50-21-7-2-8-22-50)62-44-48(47-36-40-66-61(43-47)55-29-16-18-32-64(55)71(66)52-25-11-4-12-26-52)34-38-58(62)67-56-30-14-13-27-53(56)59-41-45(33-37-57(59)68(67)69)46-35-39-65-60(42-46)54-28-15-17-31-63(54)70(65)51-23-9-3-10-24-51/h1-44H. The molecule has 0 fully saturated rings. The van der Waals surface area contributed by atoms with Crippen molar-refractivity contribution in [3.8, 4) is 44.8 Å². The van der Waals surface area contributed by atoms with Crippen LogP contribution in [0.3, 0.4) is 0 Å². The number of benzene rings is 12. The summed E-state index contributed by atoms with van der Waals surface area (Å²) in [5.74, 6) is 0. The summed E-state index contributed by atoms with van der Waals surface area (Å²) in [5.41, 5.74) is 19.1. The number of aromatic nitrogens is 2. The molecule has 0 unspecified atom stereocenters. The van der Waals surface area contributed by atoms with E-state index in [4.69, 9.17) is 0 Å². The Hall–Kier alpha value is -9.24. The van der Waals surface area contributed by atoms with Gasteiger partial charge in [-0.05, 0) is 150 Å². The van der Waals surface area contributed by atoms with E-state index in [1.807, 2.05) is 0 Å². The molecule has 0 saturated carbocycles. The Bertz CT molecular complexity index is 4390. The van der Waals surface area contributed by atoms with E-state index >= 15 is 0 Å². The van der Waals surface area contributed by atoms with Gasteiger partial charge in [0.2, 0.25) is 0 Å². The molecule has 0 radical (unpaired) electrons. The smallest absolute Gasteiger partial charge is 0.0720 e. The van der Waals surface area contributed by atoms with Gasteiger partial charge in [-0.2, -0.15) is 0 Å². The minimum atomic E-state index is -0.626. The van der Waals surface area contributed by atoms with Gasteiger partial charge in [-0.1, -0.05) is 194 Å². The zero-order valence-electron chi connectivity index (χ0n) is 38.8. The molecule has 0 bridgehead atoms. The average molecular weight is 901 g/mol. The molecule has 2 heterocycles. The van der Waals surface area contributed by atoms with Crippen molar-refractivity contribution in [3.63, 3.8) is 0 Å². The van der Waals surface area contributed by atoms with E-state index in [0.717, 1.165) is 5.69 Å². The van der Waals surface area contributed by atoms with Crippen LogP contribution in [0.5, 0.6) is 0 Å². The fourth-order valence-corrected chi connectivity index (χ4v) is 12.6. The lowest BCUT2D eigenvalue weighted by atomic mass is 9.66. The Morgan fingerprint density at radius 1 is 0.254 bits per heavy atom. The number of nitrogens with zero attached hydrogens (tertiary/aromatic N) is 2. The van der Waals surface area contributed by atoms with Gasteiger partial charge in [0.05, 0.1) is 27.5 Å². The molecule has 1 aliphatic rings. The lowest BCUT2D eigenvalue weighted by Crippen LogP contribution is -2.29. The van der Waals surface area contributed by atoms with E-state index in [9.17, 15) is 0 Å². The third kappa shape index (κ3) is 5.71. The average Bonchev–Trinajstić information content (AvgIpc) is 4.09. The molecule has 0 amide bonds. The van der Waals surface area contributed by atoms with E-state index in [1.165, 1.54) is 126 Å². The second kappa shape index (κ2) is 15.4. The minimum Gasteiger partial charge on any atom is -0.309 e. The van der Waals surface area contributed by atoms with Crippen molar-refractivity contribution < 1.29 is 0 Å². The molecule has 0 spiro atoms. The van der Waals surface area contributed by atoms with Gasteiger partial charge >= 0.3 is 0 Å². The van der Waals surface area contributed by atoms with Gasteiger partial charge in [0, 0.05) is 32.9 Å². The largest absolute Gasteiger partial charge is 0.309 e. The van der Waals surface area contributed by atoms with Gasteiger partial charge < -0.3 is 9.13 Å². The Labute approximate surface area is 411 Å². The Morgan fingerprint density at radius 3 is 1.18 bits per heavy atom. The first-order valence-electron chi connectivity index (χ1n) is 24.7. The number of hydrogen-bond acceptors (Lipinski definition) is 0. The van der Waals surface area contributed by atoms with Gasteiger partial charge in [-0.15, -0.1) is 0 Å². The van der Waals surface area contributed by atoms with Gasteiger partial charge in [-0.3, -0.25) is 0 Å². The van der Waals surface area contributed by atoms with Crippen molar-refractivity contribution in [2.75, 3.05) is 0 Å². The molecule has 0 saturated heterocycles. The number of para-hydroxylation sites is 4. The first-order valence-corrected chi connectivity index (χ1v) is 24.7. The molecule has 15 rings (SSSR count). The molecule has 2 heteroatoms. The van der Waals surface area contributed by atoms with Crippen molar-refractivity contribution >= 4 is 65.2 Å². The quantitative estimate of drug-likeness (QED) is 0.147. The van der Waals surface area contributed by atoms with E-state index < -0.39 is 5.41 Å². The van der Waals surface area contributed by atoms with E-state index in [2.05, 4.69) is 276 Å². The normalized spacial score (nSPS) is 12.9. The predicted octanol–water partition coefficient (Wildman–Crippen LogP) is 17.9. The topological polar surface area (TPSA) is 9.86 Å².